The van der Waals surface area contributed by atoms with Crippen molar-refractivity contribution >= 4 is 9.52 Å². The van der Waals surface area contributed by atoms with E-state index in [0.29, 0.717) is 0 Å². The van der Waals surface area contributed by atoms with Crippen molar-refractivity contribution in [3.05, 3.63) is 0 Å². The van der Waals surface area contributed by atoms with Gasteiger partial charge in [0.05, 0.1) is 37.2 Å². The highest BCUT2D eigenvalue weighted by molar-refractivity contribution is 6.36. The zero-order chi connectivity index (χ0) is 10.3. The number of rotatable bonds is 7. The molecule has 0 aliphatic heterocycles. The molecule has 0 heterocycles. The topological polar surface area (TPSA) is 18.5 Å². The zero-order valence-electron chi connectivity index (χ0n) is 10.0. The Hall–Kier alpha value is 0.387. The summed E-state index contributed by atoms with van der Waals surface area (Å²) in [6.07, 6.45) is 1.29. The Morgan fingerprint density at radius 3 is 2.00 bits per heavy atom. The van der Waals surface area contributed by atoms with Crippen LogP contribution >= 0.6 is 0 Å². The van der Waals surface area contributed by atoms with Gasteiger partial charge in [-0.05, 0) is 6.42 Å². The summed E-state index contributed by atoms with van der Waals surface area (Å²) in [6, 6.07) is 1.31. The molecule has 0 N–H and O–H groups in total. The van der Waals surface area contributed by atoms with Crippen molar-refractivity contribution in [3.8, 4) is 0 Å². The third kappa shape index (κ3) is 10.5. The molecule has 0 aromatic rings. The predicted octanol–water partition coefficient (Wildman–Crippen LogP) is -2.75. The lowest BCUT2D eigenvalue weighted by Gasteiger charge is -2.23. The van der Waals surface area contributed by atoms with Crippen molar-refractivity contribution in [2.45, 2.75) is 18.4 Å². The highest BCUT2D eigenvalue weighted by Gasteiger charge is 2.09. The molecule has 0 aromatic carbocycles. The van der Waals surface area contributed by atoms with E-state index in [0.717, 1.165) is 4.48 Å². The summed E-state index contributed by atoms with van der Waals surface area (Å²) < 4.78 is 11.4. The fourth-order valence-corrected chi connectivity index (χ4v) is 2.55. The van der Waals surface area contributed by atoms with Crippen LogP contribution in [0.1, 0.15) is 6.42 Å². The molecule has 0 fully saturated rings. The van der Waals surface area contributed by atoms with E-state index in [4.69, 9.17) is 9.47 Å². The van der Waals surface area contributed by atoms with Gasteiger partial charge in [0.25, 0.3) is 0 Å². The SMILES string of the molecule is COC(OC)[SiH2]CCC[N+](C)(C)C.[Cl-]. The van der Waals surface area contributed by atoms with E-state index in [1.54, 1.807) is 14.2 Å². The standard InChI is InChI=1S/C9H24NO2Si.ClH/c1-10(2,3)7-6-8-13-9(11-4)12-5;/h9H,6-8,13H2,1-5H3;1H/q+1;/p-1. The molecule has 0 bridgehead atoms. The van der Waals surface area contributed by atoms with E-state index >= 15 is 0 Å². The van der Waals surface area contributed by atoms with Crippen molar-refractivity contribution in [3.63, 3.8) is 0 Å². The van der Waals surface area contributed by atoms with E-state index in [-0.39, 0.29) is 27.8 Å². The summed E-state index contributed by atoms with van der Waals surface area (Å²) in [5.41, 5.74) is 0. The minimum Gasteiger partial charge on any atom is -1.00 e. The summed E-state index contributed by atoms with van der Waals surface area (Å²) in [5.74, 6) is 0.118. The van der Waals surface area contributed by atoms with Crippen LogP contribution < -0.4 is 12.4 Å². The molecule has 0 spiro atoms. The third-order valence-electron chi connectivity index (χ3n) is 2.04. The number of methoxy groups -OCH3 is 2. The summed E-state index contributed by atoms with van der Waals surface area (Å²) in [6.45, 7) is 1.24. The van der Waals surface area contributed by atoms with E-state index in [1.165, 1.54) is 19.0 Å². The van der Waals surface area contributed by atoms with Crippen molar-refractivity contribution < 1.29 is 26.4 Å². The first kappa shape index (κ1) is 16.8. The van der Waals surface area contributed by atoms with Crippen molar-refractivity contribution in [2.24, 2.45) is 0 Å². The van der Waals surface area contributed by atoms with Gasteiger partial charge in [0.2, 0.25) is 0 Å². The normalized spacial score (nSPS) is 12.4. The molecule has 0 aromatic heterocycles. The maximum atomic E-state index is 5.17. The lowest BCUT2D eigenvalue weighted by atomic mass is 10.4. The second-order valence-corrected chi connectivity index (χ2v) is 6.36. The molecule has 88 valence electrons. The number of quaternary nitrogens is 1. The minimum absolute atomic E-state index is 0. The molecular formula is C9H24ClNO2Si. The maximum absolute atomic E-state index is 5.17. The molecule has 0 radical (unpaired) electrons. The first-order valence-corrected chi connectivity index (χ1v) is 6.67. The van der Waals surface area contributed by atoms with Crippen LogP contribution in [0.5, 0.6) is 0 Å². The Labute approximate surface area is 96.6 Å². The van der Waals surface area contributed by atoms with E-state index < -0.39 is 0 Å². The van der Waals surface area contributed by atoms with Crippen LogP contribution in [0, 0.1) is 0 Å². The second kappa shape index (κ2) is 8.68. The Bertz CT molecular complexity index is 126. The fraction of sp³-hybridized carbons (Fsp3) is 1.00. The van der Waals surface area contributed by atoms with Gasteiger partial charge in [-0.3, -0.25) is 0 Å². The minimum atomic E-state index is -0.198. The van der Waals surface area contributed by atoms with E-state index in [1.807, 2.05) is 0 Å². The van der Waals surface area contributed by atoms with Crippen molar-refractivity contribution in [2.75, 3.05) is 41.9 Å². The van der Waals surface area contributed by atoms with Crippen molar-refractivity contribution in [1.29, 1.82) is 0 Å². The van der Waals surface area contributed by atoms with Gasteiger partial charge in [-0.2, -0.15) is 0 Å². The van der Waals surface area contributed by atoms with Crippen LogP contribution in [-0.2, 0) is 9.47 Å². The third-order valence-corrected chi connectivity index (χ3v) is 4.09. The quantitative estimate of drug-likeness (QED) is 0.208. The molecular weight excluding hydrogens is 218 g/mol. The molecule has 0 amide bonds. The Kier molecular flexibility index (Phi) is 10.4. The predicted molar refractivity (Wildman–Crippen MR) is 58.7 cm³/mol. The maximum Gasteiger partial charge on any atom is 0.134 e. The summed E-state index contributed by atoms with van der Waals surface area (Å²) in [5, 5.41) is 0. The number of nitrogens with zero attached hydrogens (tertiary/aromatic N) is 1. The van der Waals surface area contributed by atoms with Crippen LogP contribution in [0.15, 0.2) is 0 Å². The van der Waals surface area contributed by atoms with Crippen LogP contribution in [0.25, 0.3) is 0 Å². The molecule has 0 aliphatic carbocycles. The molecule has 0 saturated carbocycles. The summed E-state index contributed by atoms with van der Waals surface area (Å²) in [4.78, 5) is 0. The Morgan fingerprint density at radius 2 is 1.64 bits per heavy atom. The number of halogens is 1. The van der Waals surface area contributed by atoms with Gasteiger partial charge in [-0.1, -0.05) is 6.04 Å². The second-order valence-electron chi connectivity index (χ2n) is 4.41. The van der Waals surface area contributed by atoms with Gasteiger partial charge in [-0.15, -0.1) is 0 Å². The lowest BCUT2D eigenvalue weighted by molar-refractivity contribution is -0.870. The zero-order valence-corrected chi connectivity index (χ0v) is 12.2. The molecule has 0 aliphatic rings. The molecule has 3 nitrogen and oxygen atoms in total. The van der Waals surface area contributed by atoms with Crippen LogP contribution in [0.3, 0.4) is 0 Å². The first-order valence-electron chi connectivity index (χ1n) is 4.85. The highest BCUT2D eigenvalue weighted by Crippen LogP contribution is 2.00. The number of hydrogen-bond acceptors (Lipinski definition) is 2. The molecule has 0 saturated heterocycles. The smallest absolute Gasteiger partial charge is 0.134 e. The first-order chi connectivity index (χ1) is 5.99. The van der Waals surface area contributed by atoms with Gasteiger partial charge >= 0.3 is 0 Å². The van der Waals surface area contributed by atoms with Crippen LogP contribution in [0.2, 0.25) is 6.04 Å². The Balaban J connectivity index is 0. The largest absolute Gasteiger partial charge is 1.00 e. The summed E-state index contributed by atoms with van der Waals surface area (Å²) >= 11 is 0. The van der Waals surface area contributed by atoms with Gasteiger partial charge in [0.1, 0.15) is 5.91 Å². The Morgan fingerprint density at radius 1 is 1.14 bits per heavy atom. The molecule has 14 heavy (non-hydrogen) atoms. The summed E-state index contributed by atoms with van der Waals surface area (Å²) in [7, 11) is 9.93. The van der Waals surface area contributed by atoms with Gasteiger partial charge in [-0.25, -0.2) is 0 Å². The van der Waals surface area contributed by atoms with Crippen LogP contribution in [0.4, 0.5) is 0 Å². The lowest BCUT2D eigenvalue weighted by Crippen LogP contribution is -3.00. The van der Waals surface area contributed by atoms with Gasteiger partial charge < -0.3 is 26.4 Å². The molecule has 0 rings (SSSR count). The molecule has 0 unspecified atom stereocenters. The van der Waals surface area contributed by atoms with Gasteiger partial charge in [0, 0.05) is 14.2 Å². The molecule has 5 heteroatoms. The van der Waals surface area contributed by atoms with Crippen molar-refractivity contribution in [1.82, 2.24) is 0 Å². The fourth-order valence-electron chi connectivity index (χ4n) is 1.23. The molecule has 0 atom stereocenters. The van der Waals surface area contributed by atoms with Gasteiger partial charge in [0.15, 0.2) is 0 Å². The van der Waals surface area contributed by atoms with Crippen LogP contribution in [-0.4, -0.2) is 61.8 Å². The van der Waals surface area contributed by atoms with E-state index in [2.05, 4.69) is 21.1 Å². The number of ether oxygens (including phenoxy) is 2. The number of hydrogen-bond donors (Lipinski definition) is 0. The average Bonchev–Trinajstić information content (AvgIpc) is 2.03. The van der Waals surface area contributed by atoms with E-state index in [9.17, 15) is 0 Å². The monoisotopic (exact) mass is 241 g/mol. The highest BCUT2D eigenvalue weighted by atomic mass is 35.5. The average molecular weight is 242 g/mol.